The molecule has 1 fully saturated rings. The number of carbonyl (C=O) groups excluding carboxylic acids is 2. The number of nitrogens with zero attached hydrogens (tertiary/aromatic N) is 1. The molecule has 5 nitrogen and oxygen atoms in total. The summed E-state index contributed by atoms with van der Waals surface area (Å²) in [6.45, 7) is 0.810. The highest BCUT2D eigenvalue weighted by Crippen LogP contribution is 2.36. The van der Waals surface area contributed by atoms with Crippen molar-refractivity contribution < 1.29 is 14.3 Å². The first-order valence-electron chi connectivity index (χ1n) is 10.6. The minimum Gasteiger partial charge on any atom is -0.477 e. The summed E-state index contributed by atoms with van der Waals surface area (Å²) >= 11 is 0. The van der Waals surface area contributed by atoms with Crippen LogP contribution in [0.15, 0.2) is 54.6 Å². The molecule has 0 radical (unpaired) electrons. The highest BCUT2D eigenvalue weighted by atomic mass is 16.5. The first-order chi connectivity index (χ1) is 14.2. The molecular formula is C24H28N2O3. The summed E-state index contributed by atoms with van der Waals surface area (Å²) in [7, 11) is 0. The molecule has 0 bridgehead atoms. The third-order valence-corrected chi connectivity index (χ3v) is 5.84. The minimum absolute atomic E-state index is 0.0525. The zero-order valence-corrected chi connectivity index (χ0v) is 16.7. The van der Waals surface area contributed by atoms with Crippen molar-refractivity contribution >= 4 is 17.5 Å². The lowest BCUT2D eigenvalue weighted by atomic mass is 9.88. The number of carbonyl (C=O) groups is 2. The van der Waals surface area contributed by atoms with Crippen LogP contribution in [0.25, 0.3) is 0 Å². The van der Waals surface area contributed by atoms with E-state index in [1.807, 2.05) is 54.6 Å². The molecular weight excluding hydrogens is 364 g/mol. The van der Waals surface area contributed by atoms with Crippen molar-refractivity contribution in [1.29, 1.82) is 0 Å². The van der Waals surface area contributed by atoms with E-state index >= 15 is 0 Å². The summed E-state index contributed by atoms with van der Waals surface area (Å²) in [5, 5.41) is 2.97. The summed E-state index contributed by atoms with van der Waals surface area (Å²) in [6.07, 6.45) is 5.36. The van der Waals surface area contributed by atoms with Crippen molar-refractivity contribution in [3.63, 3.8) is 0 Å². The Morgan fingerprint density at radius 1 is 0.966 bits per heavy atom. The van der Waals surface area contributed by atoms with Gasteiger partial charge < -0.3 is 15.0 Å². The van der Waals surface area contributed by atoms with Gasteiger partial charge in [0.15, 0.2) is 6.10 Å². The molecule has 1 heterocycles. The van der Waals surface area contributed by atoms with Crippen molar-refractivity contribution in [2.75, 3.05) is 18.0 Å². The molecule has 0 spiro atoms. The number of hydrogen-bond acceptors (Lipinski definition) is 3. The first-order valence-corrected chi connectivity index (χ1v) is 10.6. The Hall–Kier alpha value is -2.82. The Kier molecular flexibility index (Phi) is 6.13. The molecule has 1 unspecified atom stereocenters. The topological polar surface area (TPSA) is 58.6 Å². The van der Waals surface area contributed by atoms with Crippen LogP contribution < -0.4 is 15.0 Å². The van der Waals surface area contributed by atoms with Crippen LogP contribution in [0.1, 0.15) is 37.7 Å². The van der Waals surface area contributed by atoms with Gasteiger partial charge in [-0.1, -0.05) is 61.7 Å². The average molecular weight is 392 g/mol. The molecule has 0 aromatic heterocycles. The molecule has 0 saturated heterocycles. The summed E-state index contributed by atoms with van der Waals surface area (Å²) < 4.78 is 5.96. The second-order valence-electron chi connectivity index (χ2n) is 7.88. The lowest BCUT2D eigenvalue weighted by molar-refractivity contribution is -0.129. The Labute approximate surface area is 172 Å². The monoisotopic (exact) mass is 392 g/mol. The summed E-state index contributed by atoms with van der Waals surface area (Å²) in [6, 6.07) is 17.6. The van der Waals surface area contributed by atoms with Crippen LogP contribution in [0.4, 0.5) is 5.69 Å². The molecule has 2 amide bonds. The van der Waals surface area contributed by atoms with Crippen LogP contribution in [0.5, 0.6) is 5.75 Å². The lowest BCUT2D eigenvalue weighted by Gasteiger charge is -2.36. The maximum Gasteiger partial charge on any atom is 0.262 e. The van der Waals surface area contributed by atoms with Crippen molar-refractivity contribution in [1.82, 2.24) is 5.32 Å². The molecule has 2 aliphatic rings. The summed E-state index contributed by atoms with van der Waals surface area (Å²) in [4.78, 5) is 27.8. The quantitative estimate of drug-likeness (QED) is 0.844. The molecule has 1 N–H and O–H groups in total. The first kappa shape index (κ1) is 19.5. The van der Waals surface area contributed by atoms with E-state index in [1.54, 1.807) is 4.90 Å². The standard InChI is InChI=1S/C24H28N2O3/c27-23(25-16-15-18-9-3-1-4-10-18)22-17-26(20-13-7-8-14-21(20)29-22)24(28)19-11-5-2-6-12-19/h1,3-4,7-10,13-14,19,22H,2,5-6,11-12,15-17H2,(H,25,27). The van der Waals surface area contributed by atoms with Crippen LogP contribution in [0.3, 0.4) is 0 Å². The highest BCUT2D eigenvalue weighted by Gasteiger charge is 2.36. The lowest BCUT2D eigenvalue weighted by Crippen LogP contribution is -2.52. The van der Waals surface area contributed by atoms with Crippen molar-refractivity contribution in [3.05, 3.63) is 60.2 Å². The molecule has 5 heteroatoms. The SMILES string of the molecule is O=C(NCCc1ccccc1)C1CN(C(=O)C2CCCCC2)c2ccccc2O1. The van der Waals surface area contributed by atoms with E-state index in [0.29, 0.717) is 12.3 Å². The number of benzene rings is 2. The fourth-order valence-corrected chi connectivity index (χ4v) is 4.24. The predicted octanol–water partition coefficient (Wildman–Crippen LogP) is 3.72. The molecule has 2 aromatic rings. The molecule has 4 rings (SSSR count). The maximum atomic E-state index is 13.2. The van der Waals surface area contributed by atoms with Crippen LogP contribution in [-0.2, 0) is 16.0 Å². The Balaban J connectivity index is 1.43. The second kappa shape index (κ2) is 9.12. The van der Waals surface area contributed by atoms with Gasteiger partial charge in [-0.15, -0.1) is 0 Å². The van der Waals surface area contributed by atoms with E-state index in [-0.39, 0.29) is 24.3 Å². The van der Waals surface area contributed by atoms with E-state index in [4.69, 9.17) is 4.74 Å². The van der Waals surface area contributed by atoms with Crippen LogP contribution in [0.2, 0.25) is 0 Å². The van der Waals surface area contributed by atoms with Crippen LogP contribution in [-0.4, -0.2) is 31.0 Å². The number of hydrogen-bond donors (Lipinski definition) is 1. The van der Waals surface area contributed by atoms with E-state index in [2.05, 4.69) is 5.32 Å². The molecule has 1 saturated carbocycles. The van der Waals surface area contributed by atoms with Gasteiger partial charge in [-0.3, -0.25) is 9.59 Å². The van der Waals surface area contributed by atoms with Gasteiger partial charge in [0.2, 0.25) is 5.91 Å². The number of amides is 2. The Morgan fingerprint density at radius 2 is 1.69 bits per heavy atom. The van der Waals surface area contributed by atoms with Gasteiger partial charge in [0.1, 0.15) is 5.75 Å². The third kappa shape index (κ3) is 4.61. The number of fused-ring (bicyclic) bond motifs is 1. The van der Waals surface area contributed by atoms with E-state index in [9.17, 15) is 9.59 Å². The summed E-state index contributed by atoms with van der Waals surface area (Å²) in [5.41, 5.74) is 1.95. The van der Waals surface area contributed by atoms with Crippen molar-refractivity contribution in [3.8, 4) is 5.75 Å². The van der Waals surface area contributed by atoms with Crippen molar-refractivity contribution in [2.45, 2.75) is 44.6 Å². The van der Waals surface area contributed by atoms with Crippen LogP contribution in [0, 0.1) is 5.92 Å². The predicted molar refractivity (Wildman–Crippen MR) is 113 cm³/mol. The molecule has 29 heavy (non-hydrogen) atoms. The Bertz CT molecular complexity index is 846. The maximum absolute atomic E-state index is 13.2. The fraction of sp³-hybridized carbons (Fsp3) is 0.417. The average Bonchev–Trinajstić information content (AvgIpc) is 2.79. The minimum atomic E-state index is -0.687. The van der Waals surface area contributed by atoms with Gasteiger partial charge in [0.05, 0.1) is 12.2 Å². The van der Waals surface area contributed by atoms with E-state index in [1.165, 1.54) is 12.0 Å². The van der Waals surface area contributed by atoms with Gasteiger partial charge in [-0.05, 0) is 37.0 Å². The molecule has 152 valence electrons. The Morgan fingerprint density at radius 3 is 2.48 bits per heavy atom. The van der Waals surface area contributed by atoms with E-state index < -0.39 is 6.10 Å². The van der Waals surface area contributed by atoms with Gasteiger partial charge in [-0.25, -0.2) is 0 Å². The van der Waals surface area contributed by atoms with Crippen LogP contribution >= 0.6 is 0 Å². The normalized spacial score (nSPS) is 19.2. The zero-order valence-electron chi connectivity index (χ0n) is 16.7. The number of anilines is 1. The van der Waals surface area contributed by atoms with E-state index in [0.717, 1.165) is 37.8 Å². The second-order valence-corrected chi connectivity index (χ2v) is 7.88. The number of ether oxygens (including phenoxy) is 1. The summed E-state index contributed by atoms with van der Waals surface area (Å²) in [5.74, 6) is 0.613. The number of rotatable bonds is 5. The molecule has 1 aliphatic heterocycles. The smallest absolute Gasteiger partial charge is 0.262 e. The molecule has 2 aromatic carbocycles. The van der Waals surface area contributed by atoms with Crippen molar-refractivity contribution in [2.24, 2.45) is 5.92 Å². The third-order valence-electron chi connectivity index (χ3n) is 5.84. The largest absolute Gasteiger partial charge is 0.477 e. The number of para-hydroxylation sites is 2. The van der Waals surface area contributed by atoms with Gasteiger partial charge in [-0.2, -0.15) is 0 Å². The van der Waals surface area contributed by atoms with Gasteiger partial charge in [0, 0.05) is 12.5 Å². The number of nitrogens with one attached hydrogen (secondary N) is 1. The zero-order chi connectivity index (χ0) is 20.1. The molecule has 1 aliphatic carbocycles. The fourth-order valence-electron chi connectivity index (χ4n) is 4.24. The molecule has 1 atom stereocenters. The van der Waals surface area contributed by atoms with Gasteiger partial charge >= 0.3 is 0 Å². The van der Waals surface area contributed by atoms with Gasteiger partial charge in [0.25, 0.3) is 5.91 Å². The highest BCUT2D eigenvalue weighted by molar-refractivity contribution is 5.98.